The van der Waals surface area contributed by atoms with Gasteiger partial charge < -0.3 is 14.9 Å². The molecular formula is C26H24F2N2O4. The Hall–Kier alpha value is -3.62. The maximum absolute atomic E-state index is 14.0. The molecule has 2 heterocycles. The fourth-order valence-electron chi connectivity index (χ4n) is 4.02. The van der Waals surface area contributed by atoms with Crippen LogP contribution in [-0.4, -0.2) is 38.1 Å². The number of aromatic nitrogens is 2. The van der Waals surface area contributed by atoms with Crippen LogP contribution in [0.2, 0.25) is 0 Å². The first-order chi connectivity index (χ1) is 16.4. The van der Waals surface area contributed by atoms with Crippen LogP contribution >= 0.6 is 0 Å². The number of ether oxygens (including phenoxy) is 1. The molecule has 0 spiro atoms. The molecule has 0 fully saturated rings. The molecule has 4 aromatic rings. The van der Waals surface area contributed by atoms with E-state index in [-0.39, 0.29) is 30.1 Å². The van der Waals surface area contributed by atoms with Crippen LogP contribution in [0.3, 0.4) is 0 Å². The number of Topliss-reactive ketones (excluding diaryl/α,β-unsaturated/α-hetero) is 1. The first kappa shape index (κ1) is 23.5. The van der Waals surface area contributed by atoms with Crippen LogP contribution in [0.15, 0.2) is 66.9 Å². The summed E-state index contributed by atoms with van der Waals surface area (Å²) in [5.74, 6) is -2.04. The Labute approximate surface area is 195 Å². The van der Waals surface area contributed by atoms with E-state index in [1.807, 2.05) is 6.07 Å². The maximum Gasteiger partial charge on any atom is 0.182 e. The number of aliphatic hydroxyl groups excluding tert-OH is 2. The van der Waals surface area contributed by atoms with Gasteiger partial charge in [0.2, 0.25) is 0 Å². The molecule has 34 heavy (non-hydrogen) atoms. The zero-order chi connectivity index (χ0) is 24.2. The number of carbonyl (C=O) groups is 1. The fourth-order valence-corrected chi connectivity index (χ4v) is 4.02. The highest BCUT2D eigenvalue weighted by atomic mass is 19.1. The Morgan fingerprint density at radius 2 is 1.76 bits per heavy atom. The highest BCUT2D eigenvalue weighted by molar-refractivity contribution is 5.97. The molecule has 8 heteroatoms. The van der Waals surface area contributed by atoms with E-state index in [4.69, 9.17) is 4.74 Å². The van der Waals surface area contributed by atoms with Crippen molar-refractivity contribution in [2.45, 2.75) is 32.0 Å². The Morgan fingerprint density at radius 1 is 1.06 bits per heavy atom. The summed E-state index contributed by atoms with van der Waals surface area (Å²) in [5, 5.41) is 19.9. The maximum atomic E-state index is 14.0. The van der Waals surface area contributed by atoms with E-state index in [0.29, 0.717) is 17.0 Å². The van der Waals surface area contributed by atoms with Crippen molar-refractivity contribution in [3.8, 4) is 5.75 Å². The number of rotatable bonds is 9. The minimum atomic E-state index is -1.11. The van der Waals surface area contributed by atoms with Gasteiger partial charge in [0, 0.05) is 18.5 Å². The second-order valence-electron chi connectivity index (χ2n) is 8.00. The molecule has 6 nitrogen and oxygen atoms in total. The van der Waals surface area contributed by atoms with E-state index >= 15 is 0 Å². The molecule has 176 valence electrons. The van der Waals surface area contributed by atoms with Gasteiger partial charge in [0.1, 0.15) is 23.9 Å². The average molecular weight is 466 g/mol. The number of imidazole rings is 1. The van der Waals surface area contributed by atoms with Crippen LogP contribution in [0.4, 0.5) is 8.78 Å². The number of halogens is 2. The van der Waals surface area contributed by atoms with Crippen LogP contribution in [0.1, 0.15) is 39.6 Å². The smallest absolute Gasteiger partial charge is 0.182 e. The fraction of sp³-hybridized carbons (Fsp3) is 0.231. The molecule has 2 N–H and O–H groups in total. The number of fused-ring (bicyclic) bond motifs is 1. The van der Waals surface area contributed by atoms with Gasteiger partial charge in [-0.05, 0) is 36.8 Å². The predicted octanol–water partition coefficient (Wildman–Crippen LogP) is 4.21. The number of hydrogen-bond donors (Lipinski definition) is 2. The summed E-state index contributed by atoms with van der Waals surface area (Å²) in [6, 6.07) is 15.9. The summed E-state index contributed by atoms with van der Waals surface area (Å²) in [6.07, 6.45) is 0.491. The molecule has 2 atom stereocenters. The van der Waals surface area contributed by atoms with Crippen molar-refractivity contribution >= 4 is 11.4 Å². The van der Waals surface area contributed by atoms with Gasteiger partial charge in [-0.3, -0.25) is 9.20 Å². The Morgan fingerprint density at radius 3 is 2.44 bits per heavy atom. The Bertz CT molecular complexity index is 1290. The SMILES string of the molecule is Cc1nc2c(OCc3c(F)cccc3F)cccn2c1C(=O)C[C@H](c1ccccc1)[C@H](O)CO. The highest BCUT2D eigenvalue weighted by Gasteiger charge is 2.27. The van der Waals surface area contributed by atoms with E-state index in [1.54, 1.807) is 53.9 Å². The largest absolute Gasteiger partial charge is 0.485 e. The molecule has 2 aromatic carbocycles. The lowest BCUT2D eigenvalue weighted by atomic mass is 9.88. The second kappa shape index (κ2) is 10.1. The minimum absolute atomic E-state index is 0.0497. The van der Waals surface area contributed by atoms with Crippen molar-refractivity contribution < 1.29 is 28.5 Å². The monoisotopic (exact) mass is 466 g/mol. The highest BCUT2D eigenvalue weighted by Crippen LogP contribution is 2.29. The number of ketones is 1. The number of benzene rings is 2. The van der Waals surface area contributed by atoms with E-state index in [9.17, 15) is 23.8 Å². The van der Waals surface area contributed by atoms with E-state index in [2.05, 4.69) is 4.98 Å². The number of hydrogen-bond acceptors (Lipinski definition) is 5. The Balaban J connectivity index is 1.63. The number of aryl methyl sites for hydroxylation is 1. The zero-order valence-electron chi connectivity index (χ0n) is 18.5. The molecule has 2 aromatic heterocycles. The molecule has 0 radical (unpaired) electrons. The summed E-state index contributed by atoms with van der Waals surface area (Å²) in [5.41, 5.74) is 1.62. The third kappa shape index (κ3) is 4.69. The van der Waals surface area contributed by atoms with Gasteiger partial charge >= 0.3 is 0 Å². The van der Waals surface area contributed by atoms with Gasteiger partial charge in [0.25, 0.3) is 0 Å². The van der Waals surface area contributed by atoms with Crippen LogP contribution < -0.4 is 4.74 Å². The topological polar surface area (TPSA) is 84.1 Å². The predicted molar refractivity (Wildman–Crippen MR) is 122 cm³/mol. The normalized spacial score (nSPS) is 13.1. The summed E-state index contributed by atoms with van der Waals surface area (Å²) < 4.78 is 35.2. The standard InChI is InChI=1S/C26H24F2N2O4/c1-16-25(22(32)13-18(23(33)14-31)17-7-3-2-4-8-17)30-12-6-11-24(26(30)29-16)34-15-19-20(27)9-5-10-21(19)28/h2-12,18,23,31,33H,13-15H2,1H3/t18-,23-/m1/s1. The third-order valence-corrected chi connectivity index (χ3v) is 5.77. The molecule has 0 bridgehead atoms. The number of carbonyl (C=O) groups excluding carboxylic acids is 1. The molecule has 0 aliphatic heterocycles. The van der Waals surface area contributed by atoms with Gasteiger partial charge in [0.05, 0.1) is 24.0 Å². The summed E-state index contributed by atoms with van der Waals surface area (Å²) >= 11 is 0. The van der Waals surface area contributed by atoms with Gasteiger partial charge in [-0.25, -0.2) is 13.8 Å². The zero-order valence-corrected chi connectivity index (χ0v) is 18.5. The van der Waals surface area contributed by atoms with Crippen molar-refractivity contribution in [1.82, 2.24) is 9.38 Å². The van der Waals surface area contributed by atoms with Crippen molar-refractivity contribution in [3.63, 3.8) is 0 Å². The third-order valence-electron chi connectivity index (χ3n) is 5.77. The van der Waals surface area contributed by atoms with Gasteiger partial charge in [-0.1, -0.05) is 36.4 Å². The lowest BCUT2D eigenvalue weighted by Crippen LogP contribution is -2.25. The van der Waals surface area contributed by atoms with Crippen LogP contribution in [-0.2, 0) is 6.61 Å². The van der Waals surface area contributed by atoms with Crippen molar-refractivity contribution in [3.05, 3.63) is 101 Å². The average Bonchev–Trinajstić information content (AvgIpc) is 3.18. The number of pyridine rings is 1. The summed E-state index contributed by atoms with van der Waals surface area (Å²) in [7, 11) is 0. The minimum Gasteiger partial charge on any atom is -0.485 e. The van der Waals surface area contributed by atoms with Crippen molar-refractivity contribution in [2.75, 3.05) is 6.61 Å². The molecule has 0 saturated heterocycles. The molecule has 4 rings (SSSR count). The van der Waals surface area contributed by atoms with E-state index < -0.39 is 30.3 Å². The molecule has 0 saturated carbocycles. The molecular weight excluding hydrogens is 442 g/mol. The molecule has 0 amide bonds. The second-order valence-corrected chi connectivity index (χ2v) is 8.00. The summed E-state index contributed by atoms with van der Waals surface area (Å²) in [4.78, 5) is 17.8. The first-order valence-electron chi connectivity index (χ1n) is 10.8. The summed E-state index contributed by atoms with van der Waals surface area (Å²) in [6.45, 7) is 0.857. The van der Waals surface area contributed by atoms with Gasteiger partial charge in [0.15, 0.2) is 17.2 Å². The molecule has 0 aliphatic rings. The lowest BCUT2D eigenvalue weighted by molar-refractivity contribution is 0.0646. The lowest BCUT2D eigenvalue weighted by Gasteiger charge is -2.21. The van der Waals surface area contributed by atoms with Crippen LogP contribution in [0, 0.1) is 18.6 Å². The number of aliphatic hydroxyl groups is 2. The van der Waals surface area contributed by atoms with Crippen LogP contribution in [0.25, 0.3) is 5.65 Å². The van der Waals surface area contributed by atoms with Crippen molar-refractivity contribution in [1.29, 1.82) is 0 Å². The quantitative estimate of drug-likeness (QED) is 0.361. The molecule has 0 unspecified atom stereocenters. The molecule has 0 aliphatic carbocycles. The van der Waals surface area contributed by atoms with E-state index in [1.165, 1.54) is 6.07 Å². The van der Waals surface area contributed by atoms with E-state index in [0.717, 1.165) is 17.7 Å². The van der Waals surface area contributed by atoms with Gasteiger partial charge in [-0.15, -0.1) is 0 Å². The van der Waals surface area contributed by atoms with Crippen molar-refractivity contribution in [2.24, 2.45) is 0 Å². The van der Waals surface area contributed by atoms with Gasteiger partial charge in [-0.2, -0.15) is 0 Å². The first-order valence-corrected chi connectivity index (χ1v) is 10.8. The Kier molecular flexibility index (Phi) is 7.00. The number of nitrogens with zero attached hydrogens (tertiary/aromatic N) is 2. The van der Waals surface area contributed by atoms with Crippen LogP contribution in [0.5, 0.6) is 5.75 Å².